The van der Waals surface area contributed by atoms with E-state index in [4.69, 9.17) is 10.2 Å². The molecule has 2 aromatic rings. The number of hydrogen-bond acceptors (Lipinski definition) is 3. The highest BCUT2D eigenvalue weighted by molar-refractivity contribution is 5.46. The molecule has 1 aromatic carbocycles. The van der Waals surface area contributed by atoms with Gasteiger partial charge in [-0.25, -0.2) is 0 Å². The zero-order valence-corrected chi connectivity index (χ0v) is 9.31. The molecule has 0 aliphatic rings. The Kier molecular flexibility index (Phi) is 3.27. The van der Waals surface area contributed by atoms with Crippen molar-refractivity contribution in [3.05, 3.63) is 54.0 Å². The van der Waals surface area contributed by atoms with Gasteiger partial charge in [-0.3, -0.25) is 0 Å². The van der Waals surface area contributed by atoms with Crippen LogP contribution in [0.4, 0.5) is 5.69 Å². The Morgan fingerprint density at radius 1 is 1.25 bits per heavy atom. The summed E-state index contributed by atoms with van der Waals surface area (Å²) in [6.07, 6.45) is 1.68. The fraction of sp³-hybridized carbons (Fsp3) is 0.231. The van der Waals surface area contributed by atoms with Crippen LogP contribution in [0.5, 0.6) is 0 Å². The minimum atomic E-state index is 0.189. The number of nitrogens with one attached hydrogen (secondary N) is 1. The minimum absolute atomic E-state index is 0.189. The zero-order chi connectivity index (χ0) is 11.4. The molecule has 0 unspecified atom stereocenters. The smallest absolute Gasteiger partial charge is 0.120 e. The third-order valence-electron chi connectivity index (χ3n) is 2.62. The molecule has 0 aliphatic heterocycles. The molecule has 84 valence electrons. The van der Waals surface area contributed by atoms with Gasteiger partial charge in [0, 0.05) is 12.2 Å². The summed E-state index contributed by atoms with van der Waals surface area (Å²) in [5, 5.41) is 3.37. The first kappa shape index (κ1) is 10.8. The Morgan fingerprint density at radius 3 is 2.75 bits per heavy atom. The fourth-order valence-electron chi connectivity index (χ4n) is 1.60. The van der Waals surface area contributed by atoms with Gasteiger partial charge in [-0.05, 0) is 30.7 Å². The summed E-state index contributed by atoms with van der Waals surface area (Å²) in [4.78, 5) is 0. The van der Waals surface area contributed by atoms with Gasteiger partial charge in [0.05, 0.1) is 12.3 Å². The minimum Gasteiger partial charge on any atom is -0.468 e. The molecule has 1 aromatic heterocycles. The van der Waals surface area contributed by atoms with Crippen LogP contribution < -0.4 is 11.1 Å². The van der Waals surface area contributed by atoms with E-state index >= 15 is 0 Å². The van der Waals surface area contributed by atoms with E-state index in [-0.39, 0.29) is 6.04 Å². The van der Waals surface area contributed by atoms with Crippen LogP contribution in [0.15, 0.2) is 47.1 Å². The van der Waals surface area contributed by atoms with Crippen molar-refractivity contribution in [1.82, 2.24) is 5.32 Å². The molecule has 2 rings (SSSR count). The maximum atomic E-state index is 5.86. The predicted molar refractivity (Wildman–Crippen MR) is 64.8 cm³/mol. The zero-order valence-electron chi connectivity index (χ0n) is 9.31. The fourth-order valence-corrected chi connectivity index (χ4v) is 1.60. The molecule has 3 N–H and O–H groups in total. The maximum Gasteiger partial charge on any atom is 0.120 e. The van der Waals surface area contributed by atoms with E-state index in [1.807, 2.05) is 36.4 Å². The van der Waals surface area contributed by atoms with Crippen molar-refractivity contribution in [3.8, 4) is 0 Å². The third kappa shape index (κ3) is 2.44. The third-order valence-corrected chi connectivity index (χ3v) is 2.62. The van der Waals surface area contributed by atoms with Gasteiger partial charge >= 0.3 is 0 Å². The van der Waals surface area contributed by atoms with E-state index < -0.39 is 0 Å². The summed E-state index contributed by atoms with van der Waals surface area (Å²) >= 11 is 0. The van der Waals surface area contributed by atoms with Gasteiger partial charge in [0.15, 0.2) is 0 Å². The van der Waals surface area contributed by atoms with Crippen molar-refractivity contribution in [3.63, 3.8) is 0 Å². The summed E-state index contributed by atoms with van der Waals surface area (Å²) in [6, 6.07) is 11.9. The van der Waals surface area contributed by atoms with Gasteiger partial charge in [0.2, 0.25) is 0 Å². The lowest BCUT2D eigenvalue weighted by atomic mass is 10.1. The van der Waals surface area contributed by atoms with Crippen LogP contribution in [-0.4, -0.2) is 0 Å². The summed E-state index contributed by atoms with van der Waals surface area (Å²) in [5.74, 6) is 0.939. The summed E-state index contributed by atoms with van der Waals surface area (Å²) in [5.41, 5.74) is 7.79. The Hall–Kier alpha value is -1.74. The topological polar surface area (TPSA) is 51.2 Å². The number of anilines is 1. The second-order valence-corrected chi connectivity index (χ2v) is 3.82. The molecule has 0 radical (unpaired) electrons. The summed E-state index contributed by atoms with van der Waals surface area (Å²) < 4.78 is 5.32. The van der Waals surface area contributed by atoms with Crippen molar-refractivity contribution < 1.29 is 4.42 Å². The van der Waals surface area contributed by atoms with E-state index in [9.17, 15) is 0 Å². The molecule has 1 heterocycles. The van der Waals surface area contributed by atoms with Gasteiger partial charge in [-0.2, -0.15) is 0 Å². The summed E-state index contributed by atoms with van der Waals surface area (Å²) in [6.45, 7) is 2.81. The van der Waals surface area contributed by atoms with Crippen molar-refractivity contribution in [1.29, 1.82) is 0 Å². The Morgan fingerprint density at radius 2 is 2.06 bits per heavy atom. The van der Waals surface area contributed by atoms with Crippen molar-refractivity contribution in [2.75, 3.05) is 5.73 Å². The first-order valence-electron chi connectivity index (χ1n) is 5.37. The standard InChI is InChI=1S/C13H16N2O/c1-10(13-7-4-8-16-13)15-9-11-5-2-3-6-12(11)14/h2-8,10,15H,9,14H2,1H3/t10-/m0/s1. The van der Waals surface area contributed by atoms with Crippen LogP contribution in [0, 0.1) is 0 Å². The average Bonchev–Trinajstić information content (AvgIpc) is 2.81. The molecule has 0 saturated carbocycles. The molecule has 16 heavy (non-hydrogen) atoms. The van der Waals surface area contributed by atoms with E-state index in [0.29, 0.717) is 0 Å². The molecule has 0 saturated heterocycles. The number of nitrogens with two attached hydrogens (primary N) is 1. The van der Waals surface area contributed by atoms with E-state index in [1.165, 1.54) is 0 Å². The molecule has 0 spiro atoms. The van der Waals surface area contributed by atoms with Gasteiger partial charge in [0.25, 0.3) is 0 Å². The second-order valence-electron chi connectivity index (χ2n) is 3.82. The first-order valence-corrected chi connectivity index (χ1v) is 5.37. The molecule has 3 heteroatoms. The second kappa shape index (κ2) is 4.86. The lowest BCUT2D eigenvalue weighted by Gasteiger charge is -2.12. The van der Waals surface area contributed by atoms with Gasteiger partial charge in [-0.1, -0.05) is 18.2 Å². The predicted octanol–water partition coefficient (Wildman–Crippen LogP) is 2.71. The van der Waals surface area contributed by atoms with Crippen LogP contribution in [0.25, 0.3) is 0 Å². The monoisotopic (exact) mass is 216 g/mol. The number of para-hydroxylation sites is 1. The maximum absolute atomic E-state index is 5.86. The lowest BCUT2D eigenvalue weighted by Crippen LogP contribution is -2.18. The van der Waals surface area contributed by atoms with Gasteiger partial charge in [0.1, 0.15) is 5.76 Å². The van der Waals surface area contributed by atoms with E-state index in [0.717, 1.165) is 23.6 Å². The molecule has 3 nitrogen and oxygen atoms in total. The lowest BCUT2D eigenvalue weighted by molar-refractivity contribution is 0.430. The highest BCUT2D eigenvalue weighted by Gasteiger charge is 2.07. The molecule has 0 amide bonds. The van der Waals surface area contributed by atoms with Crippen LogP contribution in [0.1, 0.15) is 24.3 Å². The van der Waals surface area contributed by atoms with Crippen molar-refractivity contribution in [2.24, 2.45) is 0 Å². The number of benzene rings is 1. The van der Waals surface area contributed by atoms with Gasteiger partial charge in [-0.15, -0.1) is 0 Å². The van der Waals surface area contributed by atoms with Crippen LogP contribution in [0.3, 0.4) is 0 Å². The number of hydrogen-bond donors (Lipinski definition) is 2. The quantitative estimate of drug-likeness (QED) is 0.772. The molecular formula is C13H16N2O. The van der Waals surface area contributed by atoms with E-state index in [1.54, 1.807) is 6.26 Å². The number of rotatable bonds is 4. The van der Waals surface area contributed by atoms with E-state index in [2.05, 4.69) is 12.2 Å². The molecule has 0 bridgehead atoms. The normalized spacial score (nSPS) is 12.6. The van der Waals surface area contributed by atoms with Gasteiger partial charge < -0.3 is 15.5 Å². The van der Waals surface area contributed by atoms with Crippen LogP contribution in [0.2, 0.25) is 0 Å². The highest BCUT2D eigenvalue weighted by atomic mass is 16.3. The Labute approximate surface area is 95.3 Å². The average molecular weight is 216 g/mol. The molecule has 1 atom stereocenters. The molecular weight excluding hydrogens is 200 g/mol. The van der Waals surface area contributed by atoms with Crippen LogP contribution >= 0.6 is 0 Å². The van der Waals surface area contributed by atoms with Crippen molar-refractivity contribution >= 4 is 5.69 Å². The summed E-state index contributed by atoms with van der Waals surface area (Å²) in [7, 11) is 0. The van der Waals surface area contributed by atoms with Crippen molar-refractivity contribution in [2.45, 2.75) is 19.5 Å². The first-order chi connectivity index (χ1) is 7.77. The highest BCUT2D eigenvalue weighted by Crippen LogP contribution is 2.15. The Balaban J connectivity index is 1.95. The molecule has 0 fully saturated rings. The number of nitrogen functional groups attached to an aromatic ring is 1. The number of furan rings is 1. The largest absolute Gasteiger partial charge is 0.468 e. The molecule has 0 aliphatic carbocycles. The Bertz CT molecular complexity index is 437. The SMILES string of the molecule is C[C@H](NCc1ccccc1N)c1ccco1. The van der Waals surface area contributed by atoms with Crippen LogP contribution in [-0.2, 0) is 6.54 Å².